The first kappa shape index (κ1) is 15.4. The highest BCUT2D eigenvalue weighted by molar-refractivity contribution is 5.67. The molecule has 2 unspecified atom stereocenters. The lowest BCUT2D eigenvalue weighted by Crippen LogP contribution is -2.44. The Kier molecular flexibility index (Phi) is 6.05. The van der Waals surface area contributed by atoms with Crippen LogP contribution < -0.4 is 0 Å². The molecule has 1 aliphatic heterocycles. The van der Waals surface area contributed by atoms with E-state index in [0.29, 0.717) is 6.04 Å². The SMILES string of the molecule is CC1CCN(C)C(CC(=O)O)CN1CCN(C)C. The van der Waals surface area contributed by atoms with E-state index in [2.05, 4.69) is 35.7 Å². The molecule has 1 saturated heterocycles. The van der Waals surface area contributed by atoms with Crippen molar-refractivity contribution in [2.75, 3.05) is 47.3 Å². The molecule has 0 saturated carbocycles. The molecule has 1 aliphatic rings. The van der Waals surface area contributed by atoms with Gasteiger partial charge in [-0.1, -0.05) is 0 Å². The minimum absolute atomic E-state index is 0.134. The lowest BCUT2D eigenvalue weighted by molar-refractivity contribution is -0.138. The van der Waals surface area contributed by atoms with E-state index in [0.717, 1.165) is 32.6 Å². The molecule has 18 heavy (non-hydrogen) atoms. The van der Waals surface area contributed by atoms with Gasteiger partial charge in [0, 0.05) is 31.7 Å². The van der Waals surface area contributed by atoms with Gasteiger partial charge >= 0.3 is 5.97 Å². The predicted molar refractivity (Wildman–Crippen MR) is 72.9 cm³/mol. The minimum atomic E-state index is -0.700. The minimum Gasteiger partial charge on any atom is -0.481 e. The van der Waals surface area contributed by atoms with Gasteiger partial charge in [0.1, 0.15) is 0 Å². The van der Waals surface area contributed by atoms with Gasteiger partial charge in [-0.2, -0.15) is 0 Å². The Morgan fingerprint density at radius 3 is 2.67 bits per heavy atom. The molecule has 0 spiro atoms. The molecular formula is C13H27N3O2. The van der Waals surface area contributed by atoms with E-state index < -0.39 is 5.97 Å². The first-order valence-corrected chi connectivity index (χ1v) is 6.71. The Morgan fingerprint density at radius 1 is 1.44 bits per heavy atom. The molecular weight excluding hydrogens is 230 g/mol. The summed E-state index contributed by atoms with van der Waals surface area (Å²) >= 11 is 0. The van der Waals surface area contributed by atoms with Crippen LogP contribution in [0.5, 0.6) is 0 Å². The van der Waals surface area contributed by atoms with E-state index >= 15 is 0 Å². The molecule has 0 bridgehead atoms. The first-order chi connectivity index (χ1) is 8.40. The summed E-state index contributed by atoms with van der Waals surface area (Å²) in [5.41, 5.74) is 0. The highest BCUT2D eigenvalue weighted by Crippen LogP contribution is 2.16. The number of carboxylic acid groups (broad SMARTS) is 1. The van der Waals surface area contributed by atoms with Crippen molar-refractivity contribution in [2.45, 2.75) is 31.8 Å². The third-order valence-electron chi connectivity index (χ3n) is 3.84. The molecule has 2 atom stereocenters. The lowest BCUT2D eigenvalue weighted by Gasteiger charge is -2.31. The second kappa shape index (κ2) is 7.07. The number of carboxylic acids is 1. The molecule has 1 heterocycles. The fourth-order valence-electron chi connectivity index (χ4n) is 2.41. The fraction of sp³-hybridized carbons (Fsp3) is 0.923. The summed E-state index contributed by atoms with van der Waals surface area (Å²) in [6.45, 7) is 6.12. The van der Waals surface area contributed by atoms with Crippen molar-refractivity contribution in [1.82, 2.24) is 14.7 Å². The van der Waals surface area contributed by atoms with E-state index in [1.807, 2.05) is 7.05 Å². The maximum Gasteiger partial charge on any atom is 0.304 e. The number of hydrogen-bond acceptors (Lipinski definition) is 4. The monoisotopic (exact) mass is 257 g/mol. The molecule has 0 aromatic rings. The largest absolute Gasteiger partial charge is 0.481 e. The molecule has 1 N–H and O–H groups in total. The van der Waals surface area contributed by atoms with Gasteiger partial charge < -0.3 is 14.9 Å². The molecule has 0 aromatic carbocycles. The van der Waals surface area contributed by atoms with E-state index in [1.54, 1.807) is 0 Å². The molecule has 0 amide bonds. The highest BCUT2D eigenvalue weighted by Gasteiger charge is 2.27. The molecule has 1 rings (SSSR count). The van der Waals surface area contributed by atoms with Crippen LogP contribution in [0.15, 0.2) is 0 Å². The van der Waals surface area contributed by atoms with Crippen molar-refractivity contribution < 1.29 is 9.90 Å². The van der Waals surface area contributed by atoms with Crippen molar-refractivity contribution >= 4 is 5.97 Å². The zero-order valence-electron chi connectivity index (χ0n) is 12.1. The summed E-state index contributed by atoms with van der Waals surface area (Å²) in [5.74, 6) is -0.700. The van der Waals surface area contributed by atoms with Crippen molar-refractivity contribution in [3.63, 3.8) is 0 Å². The van der Waals surface area contributed by atoms with Crippen LogP contribution >= 0.6 is 0 Å². The maximum absolute atomic E-state index is 10.9. The molecule has 106 valence electrons. The standard InChI is InChI=1S/C13H27N3O2/c1-11-5-6-15(4)12(9-13(17)18)10-16(11)8-7-14(2)3/h11-12H,5-10H2,1-4H3,(H,17,18). The highest BCUT2D eigenvalue weighted by atomic mass is 16.4. The first-order valence-electron chi connectivity index (χ1n) is 6.71. The van der Waals surface area contributed by atoms with E-state index in [4.69, 9.17) is 5.11 Å². The zero-order valence-corrected chi connectivity index (χ0v) is 12.1. The van der Waals surface area contributed by atoms with E-state index in [1.165, 1.54) is 0 Å². The Labute approximate surface area is 110 Å². The average molecular weight is 257 g/mol. The quantitative estimate of drug-likeness (QED) is 0.773. The summed E-state index contributed by atoms with van der Waals surface area (Å²) in [5, 5.41) is 8.99. The van der Waals surface area contributed by atoms with Crippen LogP contribution in [0, 0.1) is 0 Å². The topological polar surface area (TPSA) is 47.0 Å². The summed E-state index contributed by atoms with van der Waals surface area (Å²) < 4.78 is 0. The summed E-state index contributed by atoms with van der Waals surface area (Å²) in [6.07, 6.45) is 1.35. The second-order valence-electron chi connectivity index (χ2n) is 5.67. The van der Waals surface area contributed by atoms with Crippen LogP contribution in [0.2, 0.25) is 0 Å². The van der Waals surface area contributed by atoms with Crippen molar-refractivity contribution in [2.24, 2.45) is 0 Å². The van der Waals surface area contributed by atoms with Crippen LogP contribution in [0.3, 0.4) is 0 Å². The van der Waals surface area contributed by atoms with Crippen LogP contribution in [0.1, 0.15) is 19.8 Å². The van der Waals surface area contributed by atoms with Gasteiger partial charge in [-0.05, 0) is 41.0 Å². The maximum atomic E-state index is 10.9. The summed E-state index contributed by atoms with van der Waals surface area (Å²) in [4.78, 5) is 17.7. The Bertz CT molecular complexity index is 271. The summed E-state index contributed by atoms with van der Waals surface area (Å²) in [6, 6.07) is 0.667. The molecule has 0 aliphatic carbocycles. The van der Waals surface area contributed by atoms with Crippen molar-refractivity contribution in [1.29, 1.82) is 0 Å². The molecule has 5 heteroatoms. The number of rotatable bonds is 5. The van der Waals surface area contributed by atoms with Crippen LogP contribution in [0.4, 0.5) is 0 Å². The lowest BCUT2D eigenvalue weighted by atomic mass is 10.1. The van der Waals surface area contributed by atoms with Gasteiger partial charge in [0.05, 0.1) is 6.42 Å². The van der Waals surface area contributed by atoms with Crippen molar-refractivity contribution in [3.8, 4) is 0 Å². The van der Waals surface area contributed by atoms with Crippen LogP contribution in [0.25, 0.3) is 0 Å². The Morgan fingerprint density at radius 2 is 2.11 bits per heavy atom. The third-order valence-corrected chi connectivity index (χ3v) is 3.84. The number of hydrogen-bond donors (Lipinski definition) is 1. The van der Waals surface area contributed by atoms with Gasteiger partial charge in [0.25, 0.3) is 0 Å². The number of carbonyl (C=O) groups is 1. The predicted octanol–water partition coefficient (Wildman–Crippen LogP) is 0.417. The fourth-order valence-corrected chi connectivity index (χ4v) is 2.41. The second-order valence-corrected chi connectivity index (χ2v) is 5.67. The smallest absolute Gasteiger partial charge is 0.304 e. The number of nitrogens with zero attached hydrogens (tertiary/aromatic N) is 3. The zero-order chi connectivity index (χ0) is 13.7. The average Bonchev–Trinajstić information content (AvgIpc) is 2.39. The van der Waals surface area contributed by atoms with Crippen LogP contribution in [-0.2, 0) is 4.79 Å². The van der Waals surface area contributed by atoms with E-state index in [-0.39, 0.29) is 12.5 Å². The Balaban J connectivity index is 2.61. The number of likely N-dealkylation sites (N-methyl/N-ethyl adjacent to an activating group) is 2. The molecule has 0 aromatic heterocycles. The van der Waals surface area contributed by atoms with Gasteiger partial charge in [-0.25, -0.2) is 0 Å². The number of aliphatic carboxylic acids is 1. The van der Waals surface area contributed by atoms with Gasteiger partial charge in [0.2, 0.25) is 0 Å². The Hall–Kier alpha value is -0.650. The van der Waals surface area contributed by atoms with E-state index in [9.17, 15) is 4.79 Å². The van der Waals surface area contributed by atoms with Gasteiger partial charge in [-0.15, -0.1) is 0 Å². The normalized spacial score (nSPS) is 27.4. The molecule has 5 nitrogen and oxygen atoms in total. The van der Waals surface area contributed by atoms with Gasteiger partial charge in [0.15, 0.2) is 0 Å². The van der Waals surface area contributed by atoms with Crippen LogP contribution in [-0.4, -0.2) is 85.2 Å². The summed E-state index contributed by atoms with van der Waals surface area (Å²) in [7, 11) is 6.18. The van der Waals surface area contributed by atoms with Gasteiger partial charge in [-0.3, -0.25) is 9.69 Å². The van der Waals surface area contributed by atoms with Crippen molar-refractivity contribution in [3.05, 3.63) is 0 Å². The molecule has 0 radical (unpaired) electrons. The third kappa shape index (κ3) is 4.92. The molecule has 1 fully saturated rings.